The minimum atomic E-state index is -3.08. The Hall–Kier alpha value is -2.97. The lowest BCUT2D eigenvalue weighted by Crippen LogP contribution is -2.35. The van der Waals surface area contributed by atoms with Crippen molar-refractivity contribution < 1.29 is 26.7 Å². The highest BCUT2D eigenvalue weighted by Crippen LogP contribution is 2.25. The van der Waals surface area contributed by atoms with Crippen LogP contribution in [-0.2, 0) is 21.1 Å². The minimum Gasteiger partial charge on any atom is -0.493 e. The van der Waals surface area contributed by atoms with E-state index in [4.69, 9.17) is 16.3 Å². The third-order valence-electron chi connectivity index (χ3n) is 6.94. The van der Waals surface area contributed by atoms with Crippen LogP contribution in [0.3, 0.4) is 0 Å². The van der Waals surface area contributed by atoms with Gasteiger partial charge in [-0.25, -0.2) is 17.2 Å². The lowest BCUT2D eigenvalue weighted by atomic mass is 9.88. The molecule has 0 aliphatic heterocycles. The second-order valence-corrected chi connectivity index (χ2v) is 12.8. The molecule has 9 heteroatoms. The average Bonchev–Trinajstić information content (AvgIpc) is 2.98. The van der Waals surface area contributed by atoms with Gasteiger partial charge in [0.25, 0.3) is 0 Å². The van der Waals surface area contributed by atoms with E-state index in [9.17, 15) is 22.0 Å². The molecule has 3 aromatic rings. The largest absolute Gasteiger partial charge is 0.493 e. The number of rotatable bonds is 8. The number of halogens is 3. The van der Waals surface area contributed by atoms with Crippen molar-refractivity contribution in [2.45, 2.75) is 63.7 Å². The number of nitrogens with zero attached hydrogens (tertiary/aromatic N) is 1. The first-order valence-electron chi connectivity index (χ1n) is 14.2. The van der Waals surface area contributed by atoms with Gasteiger partial charge >= 0.3 is 0 Å². The van der Waals surface area contributed by atoms with E-state index in [0.717, 1.165) is 62.4 Å². The predicted octanol–water partition coefficient (Wildman–Crippen LogP) is 8.07. The molecule has 0 radical (unpaired) electrons. The van der Waals surface area contributed by atoms with Gasteiger partial charge in [0.15, 0.2) is 9.84 Å². The number of para-hydroxylation sites is 1. The zero-order chi connectivity index (χ0) is 31.1. The monoisotopic (exact) mass is 621 g/mol. The number of hydrogen-bond acceptors (Lipinski definition) is 4. The molecule has 5 nitrogen and oxygen atoms in total. The van der Waals surface area contributed by atoms with Gasteiger partial charge in [0.1, 0.15) is 17.4 Å². The number of carbonyl (C=O) groups excluding carboxylic acids is 1. The van der Waals surface area contributed by atoms with Crippen LogP contribution >= 0.6 is 11.6 Å². The quantitative estimate of drug-likeness (QED) is 0.239. The predicted molar refractivity (Wildman–Crippen MR) is 166 cm³/mol. The van der Waals surface area contributed by atoms with Crippen molar-refractivity contribution in [3.63, 3.8) is 0 Å². The number of carbonyl (C=O) groups is 1. The summed E-state index contributed by atoms with van der Waals surface area (Å²) in [5, 5.41) is 0.539. The van der Waals surface area contributed by atoms with Gasteiger partial charge in [-0.15, -0.1) is 0 Å². The number of ether oxygens (including phenoxy) is 1. The fourth-order valence-corrected chi connectivity index (χ4v) is 5.24. The molecule has 0 saturated heterocycles. The van der Waals surface area contributed by atoms with E-state index in [1.54, 1.807) is 12.1 Å². The summed E-state index contributed by atoms with van der Waals surface area (Å²) in [4.78, 5) is 14.5. The molecule has 0 heterocycles. The van der Waals surface area contributed by atoms with Crippen LogP contribution in [0.15, 0.2) is 71.6 Å². The molecule has 3 aromatic carbocycles. The van der Waals surface area contributed by atoms with E-state index in [-0.39, 0.29) is 11.7 Å². The van der Waals surface area contributed by atoms with Crippen molar-refractivity contribution in [2.75, 3.05) is 26.5 Å². The van der Waals surface area contributed by atoms with Crippen molar-refractivity contribution in [1.82, 2.24) is 4.90 Å². The Morgan fingerprint density at radius 1 is 1.00 bits per heavy atom. The van der Waals surface area contributed by atoms with Gasteiger partial charge in [-0.3, -0.25) is 4.79 Å². The van der Waals surface area contributed by atoms with Crippen LogP contribution in [0.4, 0.5) is 8.78 Å². The highest BCUT2D eigenvalue weighted by molar-refractivity contribution is 7.90. The normalized spacial score (nSPS) is 13.2. The van der Waals surface area contributed by atoms with Crippen molar-refractivity contribution in [2.24, 2.45) is 5.92 Å². The topological polar surface area (TPSA) is 63.7 Å². The van der Waals surface area contributed by atoms with Crippen molar-refractivity contribution in [3.05, 3.63) is 94.5 Å². The standard InChI is InChI=1S/C19H29NO2.C7H7ClO2S.C7H6F2/c1-3-16-10-7-8-13-18(16)22-15-9-14-20(2)19(21)17-11-5-4-6-12-17;1-11(9,10)7-4-2-6(8)3-5-7;1-5-4-6(8)2-3-7(5)9/h7-8,10,13,17H,3-6,9,11-12,14-15H2,1-2H3;2-5H,1H3;2-4H,1H3. The summed E-state index contributed by atoms with van der Waals surface area (Å²) in [6.45, 7) is 5.11. The molecule has 0 atom stereocenters. The van der Waals surface area contributed by atoms with Gasteiger partial charge in [-0.05, 0) is 92.3 Å². The van der Waals surface area contributed by atoms with Gasteiger partial charge < -0.3 is 9.64 Å². The van der Waals surface area contributed by atoms with Gasteiger partial charge in [-0.2, -0.15) is 0 Å². The fraction of sp³-hybridized carbons (Fsp3) is 0.424. The van der Waals surface area contributed by atoms with Crippen molar-refractivity contribution >= 4 is 27.3 Å². The van der Waals surface area contributed by atoms with E-state index >= 15 is 0 Å². The highest BCUT2D eigenvalue weighted by atomic mass is 35.5. The molecule has 0 N–H and O–H groups in total. The zero-order valence-electron chi connectivity index (χ0n) is 24.9. The number of hydrogen-bond donors (Lipinski definition) is 0. The molecular formula is C33H42ClF2NO4S. The number of aryl methyl sites for hydroxylation is 2. The molecule has 0 unspecified atom stereocenters. The summed E-state index contributed by atoms with van der Waals surface area (Å²) in [7, 11) is -1.15. The van der Waals surface area contributed by atoms with E-state index in [1.807, 2.05) is 30.1 Å². The summed E-state index contributed by atoms with van der Waals surface area (Å²) in [6.07, 6.45) is 8.88. The Morgan fingerprint density at radius 2 is 1.64 bits per heavy atom. The molecule has 1 aliphatic carbocycles. The summed E-state index contributed by atoms with van der Waals surface area (Å²) in [6, 6.07) is 17.6. The second kappa shape index (κ2) is 17.9. The van der Waals surface area contributed by atoms with E-state index < -0.39 is 15.7 Å². The maximum absolute atomic E-state index is 12.3. The zero-order valence-corrected chi connectivity index (χ0v) is 26.5. The smallest absolute Gasteiger partial charge is 0.225 e. The number of amides is 1. The molecule has 1 amide bonds. The van der Waals surface area contributed by atoms with Crippen molar-refractivity contribution in [1.29, 1.82) is 0 Å². The van der Waals surface area contributed by atoms with Crippen LogP contribution < -0.4 is 4.74 Å². The molecule has 0 aromatic heterocycles. The van der Waals surface area contributed by atoms with Crippen LogP contribution in [0.25, 0.3) is 0 Å². The van der Waals surface area contributed by atoms with Crippen LogP contribution in [0.1, 0.15) is 56.6 Å². The Bertz CT molecular complexity index is 1360. The van der Waals surface area contributed by atoms with Crippen LogP contribution in [0.5, 0.6) is 5.75 Å². The van der Waals surface area contributed by atoms with Crippen LogP contribution in [-0.4, -0.2) is 45.7 Å². The Morgan fingerprint density at radius 3 is 2.21 bits per heavy atom. The number of sulfone groups is 1. The van der Waals surface area contributed by atoms with Crippen LogP contribution in [0, 0.1) is 24.5 Å². The second-order valence-electron chi connectivity index (χ2n) is 10.4. The van der Waals surface area contributed by atoms with E-state index in [1.165, 1.54) is 43.9 Å². The highest BCUT2D eigenvalue weighted by Gasteiger charge is 2.23. The Kier molecular flexibility index (Phi) is 15.0. The fourth-order valence-electron chi connectivity index (χ4n) is 4.48. The van der Waals surface area contributed by atoms with Crippen LogP contribution in [0.2, 0.25) is 5.02 Å². The average molecular weight is 622 g/mol. The third kappa shape index (κ3) is 12.5. The molecule has 1 saturated carbocycles. The summed E-state index contributed by atoms with van der Waals surface area (Å²) in [5.41, 5.74) is 1.59. The van der Waals surface area contributed by atoms with Crippen molar-refractivity contribution in [3.8, 4) is 5.75 Å². The molecule has 1 aliphatic rings. The molecule has 230 valence electrons. The lowest BCUT2D eigenvalue weighted by Gasteiger charge is -2.26. The first-order valence-corrected chi connectivity index (χ1v) is 16.5. The summed E-state index contributed by atoms with van der Waals surface area (Å²) < 4.78 is 52.2. The summed E-state index contributed by atoms with van der Waals surface area (Å²) >= 11 is 5.57. The molecule has 1 fully saturated rings. The van der Waals surface area contributed by atoms with Gasteiger partial charge in [-0.1, -0.05) is 56.0 Å². The van der Waals surface area contributed by atoms with Gasteiger partial charge in [0.05, 0.1) is 11.5 Å². The molecule has 4 rings (SSSR count). The maximum atomic E-state index is 12.3. The lowest BCUT2D eigenvalue weighted by molar-refractivity contribution is -0.135. The van der Waals surface area contributed by atoms with Gasteiger partial charge in [0, 0.05) is 30.8 Å². The Balaban J connectivity index is 0.000000255. The first kappa shape index (κ1) is 35.2. The van der Waals surface area contributed by atoms with Gasteiger partial charge in [0.2, 0.25) is 5.91 Å². The van der Waals surface area contributed by atoms with E-state index in [2.05, 4.69) is 13.0 Å². The van der Waals surface area contributed by atoms with E-state index in [0.29, 0.717) is 28.0 Å². The first-order chi connectivity index (χ1) is 19.9. The summed E-state index contributed by atoms with van der Waals surface area (Å²) in [5.74, 6) is 0.811. The molecule has 42 heavy (non-hydrogen) atoms. The molecular weight excluding hydrogens is 580 g/mol. The molecule has 0 spiro atoms. The molecule has 0 bridgehead atoms. The number of benzene rings is 3. The SMILES string of the molecule is CCc1ccccc1OCCCN(C)C(=O)C1CCCCC1.CS(=O)(=O)c1ccc(Cl)cc1.Cc1cc(F)ccc1F. The Labute approximate surface area is 254 Å². The minimum absolute atomic E-state index is 0.264. The third-order valence-corrected chi connectivity index (χ3v) is 8.32. The maximum Gasteiger partial charge on any atom is 0.225 e.